The van der Waals surface area contributed by atoms with Crippen LogP contribution >= 0.6 is 0 Å². The van der Waals surface area contributed by atoms with Gasteiger partial charge in [-0.3, -0.25) is 9.79 Å². The summed E-state index contributed by atoms with van der Waals surface area (Å²) >= 11 is 0. The maximum absolute atomic E-state index is 11.0. The zero-order valence-electron chi connectivity index (χ0n) is 16.4. The lowest BCUT2D eigenvalue weighted by Crippen LogP contribution is -2.41. The Balaban J connectivity index is 2.24. The van der Waals surface area contributed by atoms with Crippen molar-refractivity contribution in [1.29, 1.82) is 0 Å². The molecule has 26 heavy (non-hydrogen) atoms. The molecule has 0 saturated carbocycles. The van der Waals surface area contributed by atoms with Gasteiger partial charge in [-0.25, -0.2) is 0 Å². The number of unbranched alkanes of at least 4 members (excludes halogenated alkanes) is 3. The Morgan fingerprint density at radius 3 is 2.58 bits per heavy atom. The maximum Gasteiger partial charge on any atom is 0.305 e. The molecule has 1 aromatic rings. The monoisotopic (exact) mass is 363 g/mol. The maximum atomic E-state index is 11.0. The van der Waals surface area contributed by atoms with Crippen LogP contribution in [0.25, 0.3) is 0 Å². The van der Waals surface area contributed by atoms with Crippen molar-refractivity contribution in [2.45, 2.75) is 39.0 Å². The van der Waals surface area contributed by atoms with Gasteiger partial charge in [0.2, 0.25) is 0 Å². The fourth-order valence-electron chi connectivity index (χ4n) is 2.41. The van der Waals surface area contributed by atoms with E-state index in [0.717, 1.165) is 57.0 Å². The predicted molar refractivity (Wildman–Crippen MR) is 106 cm³/mol. The largest absolute Gasteiger partial charge is 0.492 e. The first-order valence-electron chi connectivity index (χ1n) is 9.41. The Hall–Kier alpha value is -2.24. The molecule has 146 valence electrons. The lowest BCUT2D eigenvalue weighted by molar-refractivity contribution is -0.140. The van der Waals surface area contributed by atoms with Gasteiger partial charge in [-0.05, 0) is 31.9 Å². The Kier molecular flexibility index (Phi) is 11.7. The van der Waals surface area contributed by atoms with Crippen LogP contribution in [0.15, 0.2) is 35.3 Å². The van der Waals surface area contributed by atoms with Gasteiger partial charge in [0.05, 0.1) is 13.7 Å². The fraction of sp³-hybridized carbons (Fsp3) is 0.600. The average Bonchev–Trinajstić information content (AvgIpc) is 2.66. The van der Waals surface area contributed by atoms with Crippen molar-refractivity contribution in [1.82, 2.24) is 10.2 Å². The molecule has 0 bridgehead atoms. The first-order valence-corrected chi connectivity index (χ1v) is 9.41. The Morgan fingerprint density at radius 1 is 1.15 bits per heavy atom. The Labute approximate surface area is 157 Å². The van der Waals surface area contributed by atoms with Gasteiger partial charge in [-0.1, -0.05) is 31.0 Å². The first-order chi connectivity index (χ1) is 12.7. The summed E-state index contributed by atoms with van der Waals surface area (Å²) in [6.07, 6.45) is 4.51. The number of para-hydroxylation sites is 1. The topological polar surface area (TPSA) is 63.2 Å². The van der Waals surface area contributed by atoms with E-state index in [4.69, 9.17) is 4.74 Å². The van der Waals surface area contributed by atoms with E-state index in [1.165, 1.54) is 7.11 Å². The number of hydrogen-bond acceptors (Lipinski definition) is 4. The number of hydrogen-bond donors (Lipinski definition) is 1. The van der Waals surface area contributed by atoms with Crippen molar-refractivity contribution < 1.29 is 14.3 Å². The molecule has 6 nitrogen and oxygen atoms in total. The van der Waals surface area contributed by atoms with E-state index in [-0.39, 0.29) is 5.97 Å². The molecule has 0 radical (unpaired) electrons. The minimum Gasteiger partial charge on any atom is -0.492 e. The molecule has 0 fully saturated rings. The molecule has 0 atom stereocenters. The van der Waals surface area contributed by atoms with Crippen molar-refractivity contribution >= 4 is 11.9 Å². The summed E-state index contributed by atoms with van der Waals surface area (Å²) in [6, 6.07) is 9.83. The summed E-state index contributed by atoms with van der Waals surface area (Å²) in [5.74, 6) is 1.66. The summed E-state index contributed by atoms with van der Waals surface area (Å²) in [7, 11) is 3.45. The third-order valence-electron chi connectivity index (χ3n) is 3.91. The molecule has 1 N–H and O–H groups in total. The summed E-state index contributed by atoms with van der Waals surface area (Å²) in [5, 5.41) is 3.31. The summed E-state index contributed by atoms with van der Waals surface area (Å²) in [5.41, 5.74) is 0. The van der Waals surface area contributed by atoms with Gasteiger partial charge < -0.3 is 19.7 Å². The average molecular weight is 364 g/mol. The quantitative estimate of drug-likeness (QED) is 0.268. The molecule has 1 rings (SSSR count). The predicted octanol–water partition coefficient (Wildman–Crippen LogP) is 3.09. The zero-order chi connectivity index (χ0) is 19.0. The molecule has 0 aliphatic rings. The van der Waals surface area contributed by atoms with Crippen LogP contribution in [0.2, 0.25) is 0 Å². The number of guanidine groups is 1. The highest BCUT2D eigenvalue weighted by molar-refractivity contribution is 5.79. The number of nitrogens with one attached hydrogen (secondary N) is 1. The number of ether oxygens (including phenoxy) is 2. The zero-order valence-corrected chi connectivity index (χ0v) is 16.4. The minimum absolute atomic E-state index is 0.128. The van der Waals surface area contributed by atoms with Crippen molar-refractivity contribution in [2.75, 3.05) is 40.4 Å². The summed E-state index contributed by atoms with van der Waals surface area (Å²) in [4.78, 5) is 17.8. The van der Waals surface area contributed by atoms with Gasteiger partial charge in [0.1, 0.15) is 12.4 Å². The van der Waals surface area contributed by atoms with Crippen LogP contribution < -0.4 is 10.1 Å². The van der Waals surface area contributed by atoms with Gasteiger partial charge in [0.25, 0.3) is 0 Å². The van der Waals surface area contributed by atoms with Gasteiger partial charge in [0.15, 0.2) is 5.96 Å². The van der Waals surface area contributed by atoms with Crippen molar-refractivity contribution in [2.24, 2.45) is 4.99 Å². The van der Waals surface area contributed by atoms with E-state index in [1.54, 1.807) is 0 Å². The van der Waals surface area contributed by atoms with Crippen LogP contribution in [0.5, 0.6) is 5.75 Å². The van der Waals surface area contributed by atoms with Gasteiger partial charge >= 0.3 is 5.97 Å². The molecular weight excluding hydrogens is 330 g/mol. The highest BCUT2D eigenvalue weighted by atomic mass is 16.5. The number of carbonyl (C=O) groups is 1. The summed E-state index contributed by atoms with van der Waals surface area (Å²) in [6.45, 7) is 5.06. The van der Waals surface area contributed by atoms with E-state index in [9.17, 15) is 4.79 Å². The molecule has 0 amide bonds. The molecule has 0 heterocycles. The second-order valence-electron chi connectivity index (χ2n) is 6.06. The van der Waals surface area contributed by atoms with E-state index >= 15 is 0 Å². The number of aliphatic imine (C=N–C) groups is 1. The van der Waals surface area contributed by atoms with E-state index in [0.29, 0.717) is 13.0 Å². The van der Waals surface area contributed by atoms with Crippen LogP contribution in [0.4, 0.5) is 0 Å². The van der Waals surface area contributed by atoms with E-state index in [2.05, 4.69) is 26.9 Å². The number of rotatable bonds is 12. The number of methoxy groups -OCH3 is 1. The molecule has 1 aromatic carbocycles. The third-order valence-corrected chi connectivity index (χ3v) is 3.91. The molecule has 0 spiro atoms. The second-order valence-corrected chi connectivity index (χ2v) is 6.06. The van der Waals surface area contributed by atoms with Gasteiger partial charge in [-0.2, -0.15) is 0 Å². The van der Waals surface area contributed by atoms with Crippen LogP contribution in [-0.4, -0.2) is 57.2 Å². The Bertz CT molecular complexity index is 520. The van der Waals surface area contributed by atoms with Crippen LogP contribution in [0.1, 0.15) is 39.0 Å². The number of benzene rings is 1. The van der Waals surface area contributed by atoms with Crippen LogP contribution in [-0.2, 0) is 9.53 Å². The highest BCUT2D eigenvalue weighted by Crippen LogP contribution is 2.08. The third kappa shape index (κ3) is 9.91. The molecule has 0 aliphatic heterocycles. The highest BCUT2D eigenvalue weighted by Gasteiger charge is 2.05. The number of esters is 1. The van der Waals surface area contributed by atoms with Gasteiger partial charge in [-0.15, -0.1) is 0 Å². The normalized spacial score (nSPS) is 11.1. The Morgan fingerprint density at radius 2 is 1.88 bits per heavy atom. The fourth-order valence-corrected chi connectivity index (χ4v) is 2.41. The van der Waals surface area contributed by atoms with Crippen LogP contribution in [0.3, 0.4) is 0 Å². The second kappa shape index (κ2) is 14.0. The lowest BCUT2D eigenvalue weighted by atomic mass is 10.1. The lowest BCUT2D eigenvalue weighted by Gasteiger charge is -2.22. The minimum atomic E-state index is -0.128. The SMILES string of the molecule is CCNC(=NCCCCCCC(=O)OC)N(C)CCOc1ccccc1. The first kappa shape index (κ1) is 21.8. The van der Waals surface area contributed by atoms with Gasteiger partial charge in [0, 0.05) is 26.6 Å². The summed E-state index contributed by atoms with van der Waals surface area (Å²) < 4.78 is 10.4. The van der Waals surface area contributed by atoms with Crippen molar-refractivity contribution in [3.8, 4) is 5.75 Å². The molecule has 0 aromatic heterocycles. The number of likely N-dealkylation sites (N-methyl/N-ethyl adjacent to an activating group) is 1. The molecule has 0 unspecified atom stereocenters. The number of nitrogens with zero attached hydrogens (tertiary/aromatic N) is 2. The van der Waals surface area contributed by atoms with Crippen LogP contribution in [0, 0.1) is 0 Å². The molecule has 0 aliphatic carbocycles. The molecular formula is C20H33N3O3. The molecule has 0 saturated heterocycles. The van der Waals surface area contributed by atoms with E-state index in [1.807, 2.05) is 37.4 Å². The smallest absolute Gasteiger partial charge is 0.305 e. The standard InChI is InChI=1S/C20H33N3O3/c1-4-21-20(22-15-11-6-5-10-14-19(24)25-3)23(2)16-17-26-18-12-8-7-9-13-18/h7-9,12-13H,4-6,10-11,14-17H2,1-3H3,(H,21,22). The van der Waals surface area contributed by atoms with Crippen molar-refractivity contribution in [3.05, 3.63) is 30.3 Å². The number of carbonyl (C=O) groups excluding carboxylic acids is 1. The van der Waals surface area contributed by atoms with Crippen molar-refractivity contribution in [3.63, 3.8) is 0 Å². The van der Waals surface area contributed by atoms with E-state index < -0.39 is 0 Å². The molecule has 6 heteroatoms.